The number of piperazine rings is 1. The third-order valence-corrected chi connectivity index (χ3v) is 7.01. The van der Waals surface area contributed by atoms with Crippen LogP contribution in [0.3, 0.4) is 0 Å². The third kappa shape index (κ3) is 4.83. The van der Waals surface area contributed by atoms with Crippen molar-refractivity contribution in [2.75, 3.05) is 31.9 Å². The second-order valence-corrected chi connectivity index (χ2v) is 9.53. The number of rotatable bonds is 5. The van der Waals surface area contributed by atoms with Gasteiger partial charge in [-0.2, -0.15) is 5.10 Å². The highest BCUT2D eigenvalue weighted by Gasteiger charge is 2.31. The molecular formula is C26H28N6OS. The highest BCUT2D eigenvalue weighted by Crippen LogP contribution is 2.29. The molecule has 1 saturated heterocycles. The Bertz CT molecular complexity index is 1190. The summed E-state index contributed by atoms with van der Waals surface area (Å²) in [5.74, 6) is 0.492. The lowest BCUT2D eigenvalue weighted by Crippen LogP contribution is -2.52. The Balaban J connectivity index is 1.22. The minimum atomic E-state index is -0.000964. The van der Waals surface area contributed by atoms with E-state index in [-0.39, 0.29) is 12.1 Å². The van der Waals surface area contributed by atoms with E-state index in [0.29, 0.717) is 24.0 Å². The normalized spacial score (nSPS) is 18.1. The van der Waals surface area contributed by atoms with Gasteiger partial charge in [0.2, 0.25) is 5.91 Å². The molecule has 2 aromatic carbocycles. The molecule has 8 heteroatoms. The summed E-state index contributed by atoms with van der Waals surface area (Å²) in [4.78, 5) is 26.0. The first-order valence-corrected chi connectivity index (χ1v) is 12.5. The van der Waals surface area contributed by atoms with E-state index in [2.05, 4.69) is 56.7 Å². The standard InChI is InChI=1S/C26H28N6OS/c1-18-16-19(2)28-26(27-18)34-17-23(33)31-12-14-32(15-13-31)25-22-11-7-6-10-21(22)24(29-30-25)20-8-4-3-5-9-20/h3-11,16,25,30H,12-15,17H2,1-2H3. The number of aromatic nitrogens is 2. The average molecular weight is 473 g/mol. The van der Waals surface area contributed by atoms with E-state index in [1.165, 1.54) is 17.3 Å². The van der Waals surface area contributed by atoms with Gasteiger partial charge in [0.1, 0.15) is 6.17 Å². The largest absolute Gasteiger partial charge is 0.339 e. The van der Waals surface area contributed by atoms with E-state index in [1.54, 1.807) is 0 Å². The number of hydrogen-bond acceptors (Lipinski definition) is 7. The first kappa shape index (κ1) is 22.6. The molecule has 0 radical (unpaired) electrons. The minimum Gasteiger partial charge on any atom is -0.339 e. The summed E-state index contributed by atoms with van der Waals surface area (Å²) in [6, 6.07) is 20.6. The molecule has 2 aliphatic heterocycles. The Morgan fingerprint density at radius 2 is 1.65 bits per heavy atom. The van der Waals surface area contributed by atoms with Crippen molar-refractivity contribution in [3.8, 4) is 0 Å². The van der Waals surface area contributed by atoms with Crippen molar-refractivity contribution in [1.29, 1.82) is 0 Å². The SMILES string of the molecule is Cc1cc(C)nc(SCC(=O)N2CCN(C3NN=C(c4ccccc4)c4ccccc43)CC2)n1. The Morgan fingerprint density at radius 1 is 0.971 bits per heavy atom. The maximum Gasteiger partial charge on any atom is 0.233 e. The molecule has 1 fully saturated rings. The molecule has 1 aromatic heterocycles. The Labute approximate surface area is 204 Å². The van der Waals surface area contributed by atoms with Gasteiger partial charge in [0.15, 0.2) is 5.16 Å². The molecule has 0 spiro atoms. The van der Waals surface area contributed by atoms with Crippen LogP contribution in [0.5, 0.6) is 0 Å². The molecular weight excluding hydrogens is 444 g/mol. The highest BCUT2D eigenvalue weighted by molar-refractivity contribution is 7.99. The smallest absolute Gasteiger partial charge is 0.233 e. The monoisotopic (exact) mass is 472 g/mol. The van der Waals surface area contributed by atoms with E-state index >= 15 is 0 Å². The molecule has 3 aromatic rings. The number of hydrogen-bond donors (Lipinski definition) is 1. The van der Waals surface area contributed by atoms with Gasteiger partial charge in [-0.3, -0.25) is 15.1 Å². The van der Waals surface area contributed by atoms with Crippen molar-refractivity contribution in [1.82, 2.24) is 25.2 Å². The van der Waals surface area contributed by atoms with E-state index in [1.807, 2.05) is 43.0 Å². The number of aryl methyl sites for hydroxylation is 2. The summed E-state index contributed by atoms with van der Waals surface area (Å²) in [6.45, 7) is 6.87. The van der Waals surface area contributed by atoms with Gasteiger partial charge in [0, 0.05) is 48.7 Å². The molecule has 1 atom stereocenters. The summed E-state index contributed by atoms with van der Waals surface area (Å²) in [6.07, 6.45) is -0.000964. The van der Waals surface area contributed by atoms with Crippen LogP contribution in [-0.2, 0) is 4.79 Å². The molecule has 1 unspecified atom stereocenters. The van der Waals surface area contributed by atoms with Crippen molar-refractivity contribution < 1.29 is 4.79 Å². The number of benzene rings is 2. The van der Waals surface area contributed by atoms with E-state index in [4.69, 9.17) is 5.10 Å². The summed E-state index contributed by atoms with van der Waals surface area (Å²) in [5.41, 5.74) is 9.67. The predicted octanol–water partition coefficient (Wildman–Crippen LogP) is 3.38. The second kappa shape index (κ2) is 9.95. The lowest BCUT2D eigenvalue weighted by molar-refractivity contribution is -0.130. The first-order chi connectivity index (χ1) is 16.6. The number of nitrogens with zero attached hydrogens (tertiary/aromatic N) is 5. The fourth-order valence-electron chi connectivity index (χ4n) is 4.51. The number of carbonyl (C=O) groups is 1. The van der Waals surface area contributed by atoms with Crippen molar-refractivity contribution in [2.45, 2.75) is 25.2 Å². The zero-order valence-corrected chi connectivity index (χ0v) is 20.3. The quantitative estimate of drug-likeness (QED) is 0.453. The lowest BCUT2D eigenvalue weighted by Gasteiger charge is -2.41. The first-order valence-electron chi connectivity index (χ1n) is 11.5. The zero-order chi connectivity index (χ0) is 23.5. The Hall–Kier alpha value is -3.23. The van der Waals surface area contributed by atoms with Gasteiger partial charge in [-0.1, -0.05) is 66.4 Å². The van der Waals surface area contributed by atoms with E-state index in [9.17, 15) is 4.79 Å². The molecule has 0 aliphatic carbocycles. The minimum absolute atomic E-state index is 0.000964. The highest BCUT2D eigenvalue weighted by atomic mass is 32.2. The molecule has 3 heterocycles. The molecule has 34 heavy (non-hydrogen) atoms. The maximum atomic E-state index is 12.8. The number of amides is 1. The van der Waals surface area contributed by atoms with Gasteiger partial charge in [-0.25, -0.2) is 9.97 Å². The fourth-order valence-corrected chi connectivity index (χ4v) is 5.36. The van der Waals surface area contributed by atoms with Crippen molar-refractivity contribution in [3.63, 3.8) is 0 Å². The van der Waals surface area contributed by atoms with Crippen LogP contribution in [0.15, 0.2) is 70.9 Å². The van der Waals surface area contributed by atoms with Gasteiger partial charge in [0.05, 0.1) is 11.5 Å². The zero-order valence-electron chi connectivity index (χ0n) is 19.4. The van der Waals surface area contributed by atoms with Gasteiger partial charge in [0.25, 0.3) is 0 Å². The summed E-state index contributed by atoms with van der Waals surface area (Å²) >= 11 is 1.41. The summed E-state index contributed by atoms with van der Waals surface area (Å²) < 4.78 is 0. The molecule has 174 valence electrons. The van der Waals surface area contributed by atoms with Crippen LogP contribution < -0.4 is 5.43 Å². The fraction of sp³-hybridized carbons (Fsp3) is 0.308. The second-order valence-electron chi connectivity index (χ2n) is 8.58. The number of nitrogens with one attached hydrogen (secondary N) is 1. The number of carbonyl (C=O) groups excluding carboxylic acids is 1. The van der Waals surface area contributed by atoms with Crippen LogP contribution in [0.1, 0.15) is 34.2 Å². The summed E-state index contributed by atoms with van der Waals surface area (Å²) in [7, 11) is 0. The average Bonchev–Trinajstić information content (AvgIpc) is 2.87. The predicted molar refractivity (Wildman–Crippen MR) is 135 cm³/mol. The summed E-state index contributed by atoms with van der Waals surface area (Å²) in [5, 5.41) is 5.42. The van der Waals surface area contributed by atoms with Crippen LogP contribution in [0.2, 0.25) is 0 Å². The van der Waals surface area contributed by atoms with Crippen LogP contribution in [0.4, 0.5) is 0 Å². The molecule has 1 amide bonds. The Kier molecular flexibility index (Phi) is 6.60. The Morgan fingerprint density at radius 3 is 2.38 bits per heavy atom. The molecule has 0 saturated carbocycles. The van der Waals surface area contributed by atoms with Crippen LogP contribution >= 0.6 is 11.8 Å². The maximum absolute atomic E-state index is 12.8. The van der Waals surface area contributed by atoms with E-state index in [0.717, 1.165) is 41.3 Å². The third-order valence-electron chi connectivity index (χ3n) is 6.17. The molecule has 2 aliphatic rings. The van der Waals surface area contributed by atoms with Crippen molar-refractivity contribution >= 4 is 23.4 Å². The lowest BCUT2D eigenvalue weighted by atomic mass is 9.94. The molecule has 1 N–H and O–H groups in total. The van der Waals surface area contributed by atoms with Crippen LogP contribution in [-0.4, -0.2) is 63.3 Å². The number of thioether (sulfide) groups is 1. The van der Waals surface area contributed by atoms with Gasteiger partial charge < -0.3 is 4.90 Å². The van der Waals surface area contributed by atoms with Crippen LogP contribution in [0.25, 0.3) is 0 Å². The topological polar surface area (TPSA) is 73.7 Å². The van der Waals surface area contributed by atoms with E-state index < -0.39 is 0 Å². The van der Waals surface area contributed by atoms with Gasteiger partial charge >= 0.3 is 0 Å². The molecule has 5 rings (SSSR count). The van der Waals surface area contributed by atoms with Crippen molar-refractivity contribution in [3.05, 3.63) is 88.7 Å². The van der Waals surface area contributed by atoms with Gasteiger partial charge in [-0.15, -0.1) is 0 Å². The van der Waals surface area contributed by atoms with Gasteiger partial charge in [-0.05, 0) is 25.5 Å². The molecule has 7 nitrogen and oxygen atoms in total. The van der Waals surface area contributed by atoms with Crippen molar-refractivity contribution in [2.24, 2.45) is 5.10 Å². The van der Waals surface area contributed by atoms with Crippen LogP contribution in [0, 0.1) is 13.8 Å². The number of fused-ring (bicyclic) bond motifs is 1. The number of hydrazone groups is 1. The molecule has 0 bridgehead atoms.